The summed E-state index contributed by atoms with van der Waals surface area (Å²) in [5, 5.41) is 2.25. The first-order valence-corrected chi connectivity index (χ1v) is 15.5. The summed E-state index contributed by atoms with van der Waals surface area (Å²) in [6, 6.07) is 45.8. The van der Waals surface area contributed by atoms with E-state index in [4.69, 9.17) is 4.42 Å². The molecule has 0 unspecified atom stereocenters. The van der Waals surface area contributed by atoms with Crippen molar-refractivity contribution < 1.29 is 24.5 Å². The van der Waals surface area contributed by atoms with Crippen molar-refractivity contribution in [1.29, 1.82) is 0 Å². The maximum atomic E-state index is 5.88. The van der Waals surface area contributed by atoms with Crippen LogP contribution in [0.15, 0.2) is 132 Å². The van der Waals surface area contributed by atoms with Gasteiger partial charge in [0.15, 0.2) is 0 Å². The zero-order chi connectivity index (χ0) is 31.4. The van der Waals surface area contributed by atoms with Crippen LogP contribution in [-0.4, -0.2) is 9.97 Å². The van der Waals surface area contributed by atoms with Crippen LogP contribution in [0.25, 0.3) is 44.5 Å². The number of hydrogen-bond acceptors (Lipinski definition) is 3. The number of hydrogen-bond donors (Lipinski definition) is 0. The fourth-order valence-electron chi connectivity index (χ4n) is 5.84. The van der Waals surface area contributed by atoms with Crippen molar-refractivity contribution in [2.45, 2.75) is 46.5 Å². The van der Waals surface area contributed by atoms with Crippen molar-refractivity contribution in [2.24, 2.45) is 5.41 Å². The molecule has 1 radical (unpaired) electrons. The number of aromatic nitrogens is 2. The van der Waals surface area contributed by atoms with E-state index < -0.39 is 0 Å². The van der Waals surface area contributed by atoms with Crippen LogP contribution in [0.4, 0.5) is 0 Å². The molecule has 0 fully saturated rings. The van der Waals surface area contributed by atoms with Gasteiger partial charge in [-0.3, -0.25) is 0 Å². The van der Waals surface area contributed by atoms with E-state index in [1.807, 2.05) is 60.9 Å². The van der Waals surface area contributed by atoms with Gasteiger partial charge in [0.05, 0.1) is 5.58 Å². The third kappa shape index (κ3) is 7.36. The topological polar surface area (TPSA) is 38.9 Å². The van der Waals surface area contributed by atoms with Gasteiger partial charge in [-0.15, -0.1) is 59.7 Å². The van der Waals surface area contributed by atoms with E-state index in [0.29, 0.717) is 0 Å². The molecule has 46 heavy (non-hydrogen) atoms. The maximum absolute atomic E-state index is 5.88. The molecule has 0 N–H and O–H groups in total. The van der Waals surface area contributed by atoms with Gasteiger partial charge in [-0.1, -0.05) is 112 Å². The summed E-state index contributed by atoms with van der Waals surface area (Å²) in [4.78, 5) is 9.16. The number of nitrogens with zero attached hydrogens (tertiary/aromatic N) is 2. The van der Waals surface area contributed by atoms with Crippen molar-refractivity contribution in [2.75, 3.05) is 0 Å². The smallest absolute Gasteiger partial charge is 0.120 e. The molecule has 0 aliphatic carbocycles. The average Bonchev–Trinajstić information content (AvgIpc) is 3.43. The molecular weight excluding hydrogens is 741 g/mol. The van der Waals surface area contributed by atoms with E-state index >= 15 is 0 Å². The van der Waals surface area contributed by atoms with Crippen LogP contribution in [0, 0.1) is 17.5 Å². The Bertz CT molecular complexity index is 2040. The summed E-state index contributed by atoms with van der Waals surface area (Å²) in [6.45, 7) is 11.2. The van der Waals surface area contributed by atoms with Gasteiger partial charge in [-0.05, 0) is 47.0 Å². The Labute approximate surface area is 286 Å². The van der Waals surface area contributed by atoms with Gasteiger partial charge in [0.25, 0.3) is 0 Å². The molecule has 3 heterocycles. The molecule has 0 spiro atoms. The van der Waals surface area contributed by atoms with Crippen LogP contribution in [0.5, 0.6) is 0 Å². The number of para-hydroxylation sites is 1. The van der Waals surface area contributed by atoms with E-state index in [-0.39, 0.29) is 30.9 Å². The standard InChI is InChI=1S/C22H20NO.C20H18N.Ir/c1-22(2,3)14-15-10-11-23-19(12-15)16-8-9-21-18(13-16)17-6-4-5-7-20(17)24-21;1-20(2,17-12-7-4-8-13-17)18-14-9-15-21-19(18)16-10-5-3-6-11-16;/h4-7,9-13H,14H2,1-3H3;3-10,12-15H,1-2H3;/q2*-1;. The SMILES string of the molecule is CC(C)(C)Cc1ccnc(-c2[c-]cc3oc4ccccc4c3c2)c1.CC(C)(c1ccccc1)c1cccnc1-c1[c-]cccc1.[Ir]. The van der Waals surface area contributed by atoms with Crippen LogP contribution < -0.4 is 0 Å². The largest absolute Gasteiger partial charge is 0.500 e. The molecule has 0 aliphatic heterocycles. The van der Waals surface area contributed by atoms with E-state index in [0.717, 1.165) is 50.9 Å². The predicted molar refractivity (Wildman–Crippen MR) is 186 cm³/mol. The van der Waals surface area contributed by atoms with Crippen LogP contribution >= 0.6 is 0 Å². The van der Waals surface area contributed by atoms with Crippen molar-refractivity contribution in [3.63, 3.8) is 0 Å². The van der Waals surface area contributed by atoms with Gasteiger partial charge in [0.2, 0.25) is 0 Å². The fraction of sp³-hybridized carbons (Fsp3) is 0.190. The van der Waals surface area contributed by atoms with Crippen molar-refractivity contribution >= 4 is 21.9 Å². The molecular formula is C42H38IrN2O-2. The molecule has 4 aromatic carbocycles. The van der Waals surface area contributed by atoms with Crippen molar-refractivity contribution in [3.8, 4) is 22.5 Å². The third-order valence-electron chi connectivity index (χ3n) is 8.09. The van der Waals surface area contributed by atoms with Crippen LogP contribution in [0.2, 0.25) is 0 Å². The Morgan fingerprint density at radius 2 is 1.41 bits per heavy atom. The fourth-order valence-corrected chi connectivity index (χ4v) is 5.84. The Morgan fingerprint density at radius 1 is 0.652 bits per heavy atom. The summed E-state index contributed by atoms with van der Waals surface area (Å²) in [5.41, 5.74) is 9.75. The average molecular weight is 779 g/mol. The minimum absolute atomic E-state index is 0. The zero-order valence-corrected chi connectivity index (χ0v) is 29.4. The molecule has 3 nitrogen and oxygen atoms in total. The predicted octanol–water partition coefficient (Wildman–Crippen LogP) is 10.9. The molecule has 0 bridgehead atoms. The molecule has 233 valence electrons. The van der Waals surface area contributed by atoms with Gasteiger partial charge in [0, 0.05) is 43.3 Å². The van der Waals surface area contributed by atoms with Gasteiger partial charge in [-0.25, -0.2) is 0 Å². The van der Waals surface area contributed by atoms with Crippen molar-refractivity contribution in [1.82, 2.24) is 9.97 Å². The first kappa shape index (κ1) is 33.0. The number of rotatable bonds is 5. The summed E-state index contributed by atoms with van der Waals surface area (Å²) in [7, 11) is 0. The van der Waals surface area contributed by atoms with E-state index in [2.05, 4.69) is 123 Å². The molecule has 0 amide bonds. The normalized spacial score (nSPS) is 11.5. The van der Waals surface area contributed by atoms with E-state index in [9.17, 15) is 0 Å². The zero-order valence-electron chi connectivity index (χ0n) is 27.0. The molecule has 0 saturated carbocycles. The Hall–Kier alpha value is -4.37. The van der Waals surface area contributed by atoms with Crippen LogP contribution in [0.3, 0.4) is 0 Å². The molecule has 0 saturated heterocycles. The molecule has 7 rings (SSSR count). The van der Waals surface area contributed by atoms with Gasteiger partial charge in [0.1, 0.15) is 5.58 Å². The first-order valence-electron chi connectivity index (χ1n) is 15.5. The third-order valence-corrected chi connectivity index (χ3v) is 8.09. The number of furan rings is 1. The van der Waals surface area contributed by atoms with Crippen LogP contribution in [-0.2, 0) is 31.9 Å². The second kappa shape index (κ2) is 14.0. The number of benzene rings is 4. The van der Waals surface area contributed by atoms with E-state index in [1.54, 1.807) is 0 Å². The second-order valence-electron chi connectivity index (χ2n) is 13.2. The first-order chi connectivity index (χ1) is 21.7. The Morgan fingerprint density at radius 3 is 2.17 bits per heavy atom. The van der Waals surface area contributed by atoms with Gasteiger partial charge in [-0.2, -0.15) is 0 Å². The minimum Gasteiger partial charge on any atom is -0.500 e. The quantitative estimate of drug-likeness (QED) is 0.163. The van der Waals surface area contributed by atoms with Crippen molar-refractivity contribution in [3.05, 3.63) is 156 Å². The summed E-state index contributed by atoms with van der Waals surface area (Å²) in [5.74, 6) is 0. The summed E-state index contributed by atoms with van der Waals surface area (Å²) in [6.07, 6.45) is 4.77. The molecule has 0 aliphatic rings. The molecule has 0 atom stereocenters. The molecule has 7 aromatic rings. The van der Waals surface area contributed by atoms with Crippen LogP contribution in [0.1, 0.15) is 51.3 Å². The van der Waals surface area contributed by atoms with Gasteiger partial charge >= 0.3 is 0 Å². The second-order valence-corrected chi connectivity index (χ2v) is 13.2. The summed E-state index contributed by atoms with van der Waals surface area (Å²) < 4.78 is 5.88. The maximum Gasteiger partial charge on any atom is 0.120 e. The van der Waals surface area contributed by atoms with E-state index in [1.165, 1.54) is 16.7 Å². The number of pyridine rings is 2. The molecule has 4 heteroatoms. The Kier molecular flexibility index (Phi) is 10.0. The Balaban J connectivity index is 0.000000179. The minimum atomic E-state index is -0.103. The number of fused-ring (bicyclic) bond motifs is 3. The monoisotopic (exact) mass is 779 g/mol. The summed E-state index contributed by atoms with van der Waals surface area (Å²) >= 11 is 0. The van der Waals surface area contributed by atoms with Gasteiger partial charge < -0.3 is 14.4 Å². The molecule has 3 aromatic heterocycles.